The third kappa shape index (κ3) is 6.34. The van der Waals surface area contributed by atoms with Crippen LogP contribution in [0.3, 0.4) is 0 Å². The van der Waals surface area contributed by atoms with Crippen LogP contribution in [0.25, 0.3) is 6.08 Å². The zero-order valence-electron chi connectivity index (χ0n) is 22.7. The van der Waals surface area contributed by atoms with Gasteiger partial charge in [0.25, 0.3) is 0 Å². The second kappa shape index (κ2) is 11.2. The van der Waals surface area contributed by atoms with Gasteiger partial charge in [0.2, 0.25) is 5.91 Å². The normalized spacial score (nSPS) is 19.2. The second-order valence-electron chi connectivity index (χ2n) is 11.0. The van der Waals surface area contributed by atoms with Crippen molar-refractivity contribution in [2.75, 3.05) is 12.0 Å². The Bertz CT molecular complexity index is 1120. The van der Waals surface area contributed by atoms with Crippen molar-refractivity contribution in [3.05, 3.63) is 65.7 Å². The monoisotopic (exact) mass is 503 g/mol. The van der Waals surface area contributed by atoms with Crippen LogP contribution in [0.15, 0.2) is 54.6 Å². The molecule has 4 rings (SSSR count). The van der Waals surface area contributed by atoms with Crippen molar-refractivity contribution < 1.29 is 23.6 Å². The van der Waals surface area contributed by atoms with Gasteiger partial charge in [-0.25, -0.2) is 4.79 Å². The van der Waals surface area contributed by atoms with Crippen LogP contribution in [0.1, 0.15) is 70.9 Å². The summed E-state index contributed by atoms with van der Waals surface area (Å²) >= 11 is 0. The van der Waals surface area contributed by atoms with Crippen molar-refractivity contribution in [3.63, 3.8) is 0 Å². The van der Waals surface area contributed by atoms with Crippen LogP contribution < -0.4 is 10.4 Å². The van der Waals surface area contributed by atoms with Crippen molar-refractivity contribution in [1.29, 1.82) is 0 Å². The lowest BCUT2D eigenvalue weighted by atomic mass is 9.79. The third-order valence-corrected chi connectivity index (χ3v) is 7.86. The number of ether oxygens (including phenoxy) is 1. The van der Waals surface area contributed by atoms with Crippen LogP contribution in [0.2, 0.25) is 0 Å². The summed E-state index contributed by atoms with van der Waals surface area (Å²) in [6.07, 6.45) is 8.33. The molecule has 0 N–H and O–H groups in total. The Kier molecular flexibility index (Phi) is 8.25. The number of anilines is 1. The average Bonchev–Trinajstić information content (AvgIpc) is 3.12. The summed E-state index contributed by atoms with van der Waals surface area (Å²) < 4.78 is 17.1. The third-order valence-electron chi connectivity index (χ3n) is 7.86. The molecule has 2 aliphatic rings. The van der Waals surface area contributed by atoms with Gasteiger partial charge in [0.05, 0.1) is 24.9 Å². The van der Waals surface area contributed by atoms with E-state index in [1.54, 1.807) is 6.08 Å². The molecule has 1 aliphatic carbocycles. The molecular weight excluding hydrogens is 465 g/mol. The fourth-order valence-electron chi connectivity index (χ4n) is 4.84. The summed E-state index contributed by atoms with van der Waals surface area (Å²) in [6.45, 7) is 8.65. The van der Waals surface area contributed by atoms with Crippen molar-refractivity contribution in [2.24, 2.45) is 5.92 Å². The van der Waals surface area contributed by atoms with Gasteiger partial charge < -0.3 is 18.9 Å². The maximum absolute atomic E-state index is 13.7. The number of benzene rings is 2. The molecule has 0 unspecified atom stereocenters. The van der Waals surface area contributed by atoms with Gasteiger partial charge in [-0.3, -0.25) is 4.79 Å². The Balaban J connectivity index is 1.57. The first-order valence-electron chi connectivity index (χ1n) is 13.2. The average molecular weight is 503 g/mol. The minimum Gasteiger partial charge on any atom is -0.466 e. The summed E-state index contributed by atoms with van der Waals surface area (Å²) in [6, 6.07) is 15.9. The van der Waals surface area contributed by atoms with E-state index >= 15 is 0 Å². The largest absolute Gasteiger partial charge is 0.494 e. The van der Waals surface area contributed by atoms with Crippen molar-refractivity contribution >= 4 is 36.2 Å². The van der Waals surface area contributed by atoms with Gasteiger partial charge in [-0.15, -0.1) is 0 Å². The number of nitrogens with zero attached hydrogens (tertiary/aromatic N) is 1. The fourth-order valence-corrected chi connectivity index (χ4v) is 4.84. The molecule has 0 bridgehead atoms. The molecule has 37 heavy (non-hydrogen) atoms. The van der Waals surface area contributed by atoms with Gasteiger partial charge in [-0.1, -0.05) is 55.7 Å². The zero-order valence-corrected chi connectivity index (χ0v) is 22.7. The number of rotatable bonds is 7. The number of hydrogen-bond acceptors (Lipinski definition) is 5. The smallest absolute Gasteiger partial charge is 0.466 e. The van der Waals surface area contributed by atoms with Gasteiger partial charge in [0, 0.05) is 17.7 Å². The van der Waals surface area contributed by atoms with E-state index in [-0.39, 0.29) is 11.8 Å². The van der Waals surface area contributed by atoms with E-state index in [4.69, 9.17) is 14.0 Å². The highest BCUT2D eigenvalue weighted by molar-refractivity contribution is 6.62. The molecule has 0 aromatic heterocycles. The van der Waals surface area contributed by atoms with E-state index in [0.29, 0.717) is 6.54 Å². The Morgan fingerprint density at radius 3 is 2.27 bits per heavy atom. The predicted molar refractivity (Wildman–Crippen MR) is 147 cm³/mol. The number of carbonyl (C=O) groups excluding carboxylic acids is 2. The van der Waals surface area contributed by atoms with Gasteiger partial charge in [-0.05, 0) is 75.3 Å². The van der Waals surface area contributed by atoms with Crippen LogP contribution in [0.4, 0.5) is 5.69 Å². The lowest BCUT2D eigenvalue weighted by Crippen LogP contribution is -2.41. The summed E-state index contributed by atoms with van der Waals surface area (Å²) in [4.78, 5) is 27.2. The van der Waals surface area contributed by atoms with Gasteiger partial charge in [0.15, 0.2) is 0 Å². The van der Waals surface area contributed by atoms with Crippen LogP contribution in [-0.2, 0) is 30.2 Å². The summed E-state index contributed by atoms with van der Waals surface area (Å²) in [5, 5.41) is 0. The lowest BCUT2D eigenvalue weighted by Gasteiger charge is -2.32. The molecule has 6 nitrogen and oxygen atoms in total. The predicted octanol–water partition coefficient (Wildman–Crippen LogP) is 5.29. The summed E-state index contributed by atoms with van der Waals surface area (Å²) in [5.41, 5.74) is 2.85. The molecule has 1 aliphatic heterocycles. The number of esters is 1. The highest BCUT2D eigenvalue weighted by atomic mass is 16.7. The Morgan fingerprint density at radius 2 is 1.65 bits per heavy atom. The van der Waals surface area contributed by atoms with E-state index in [1.807, 2.05) is 81.1 Å². The van der Waals surface area contributed by atoms with E-state index in [0.717, 1.165) is 48.0 Å². The molecular formula is C30H38BNO5. The van der Waals surface area contributed by atoms with E-state index in [1.165, 1.54) is 19.6 Å². The standard InChI is InChI=1S/C30H38BNO5/c1-29(2)30(3,4)37-31(36-29)25-17-14-23(15-18-25)21-32(28(34)24-11-7-6-8-12-24)26-13-9-10-22(20-26)16-19-27(33)35-5/h9-10,13-20,24H,6-8,11-12,21H2,1-5H3/b19-16+. The number of carbonyl (C=O) groups is 2. The van der Waals surface area contributed by atoms with E-state index in [2.05, 4.69) is 0 Å². The van der Waals surface area contributed by atoms with Crippen LogP contribution in [0.5, 0.6) is 0 Å². The van der Waals surface area contributed by atoms with Crippen molar-refractivity contribution in [2.45, 2.75) is 77.5 Å². The quantitative estimate of drug-likeness (QED) is 0.292. The molecule has 1 saturated carbocycles. The van der Waals surface area contributed by atoms with Gasteiger partial charge >= 0.3 is 13.1 Å². The number of methoxy groups -OCH3 is 1. The number of amides is 1. The minimum atomic E-state index is -0.419. The maximum atomic E-state index is 13.7. The zero-order chi connectivity index (χ0) is 26.6. The Hall–Kier alpha value is -2.90. The topological polar surface area (TPSA) is 65.1 Å². The number of hydrogen-bond donors (Lipinski definition) is 0. The van der Waals surface area contributed by atoms with Gasteiger partial charge in [-0.2, -0.15) is 0 Å². The lowest BCUT2D eigenvalue weighted by molar-refractivity contribution is -0.134. The van der Waals surface area contributed by atoms with Crippen LogP contribution >= 0.6 is 0 Å². The molecule has 7 heteroatoms. The van der Waals surface area contributed by atoms with Crippen LogP contribution in [-0.4, -0.2) is 37.3 Å². The molecule has 0 atom stereocenters. The molecule has 2 aromatic rings. The minimum absolute atomic E-state index is 0.0343. The summed E-state index contributed by atoms with van der Waals surface area (Å²) in [7, 11) is 0.934. The van der Waals surface area contributed by atoms with Crippen molar-refractivity contribution in [1.82, 2.24) is 0 Å². The Morgan fingerprint density at radius 1 is 1.00 bits per heavy atom. The fraction of sp³-hybridized carbons (Fsp3) is 0.467. The molecule has 2 fully saturated rings. The molecule has 0 radical (unpaired) electrons. The molecule has 0 spiro atoms. The molecule has 2 aromatic carbocycles. The molecule has 196 valence electrons. The van der Waals surface area contributed by atoms with Crippen molar-refractivity contribution in [3.8, 4) is 0 Å². The van der Waals surface area contributed by atoms with E-state index < -0.39 is 24.3 Å². The molecule has 1 saturated heterocycles. The first-order valence-corrected chi connectivity index (χ1v) is 13.2. The molecule has 1 heterocycles. The summed E-state index contributed by atoms with van der Waals surface area (Å²) in [5.74, 6) is -0.224. The first kappa shape index (κ1) is 27.1. The highest BCUT2D eigenvalue weighted by Crippen LogP contribution is 2.36. The maximum Gasteiger partial charge on any atom is 0.494 e. The highest BCUT2D eigenvalue weighted by Gasteiger charge is 2.51. The molecule has 1 amide bonds. The first-order chi connectivity index (χ1) is 17.6. The SMILES string of the molecule is COC(=O)/C=C/c1cccc(N(Cc2ccc(B3OC(C)(C)C(C)(C)O3)cc2)C(=O)C2CCCCC2)c1. The van der Waals surface area contributed by atoms with Crippen LogP contribution in [0, 0.1) is 5.92 Å². The van der Waals surface area contributed by atoms with E-state index in [9.17, 15) is 9.59 Å². The van der Waals surface area contributed by atoms with Gasteiger partial charge in [0.1, 0.15) is 0 Å². The second-order valence-corrected chi connectivity index (χ2v) is 11.0. The Labute approximate surface area is 221 Å².